The van der Waals surface area contributed by atoms with Gasteiger partial charge in [0.2, 0.25) is 11.8 Å². The molecule has 0 aromatic rings. The first kappa shape index (κ1) is 15.9. The van der Waals surface area contributed by atoms with E-state index in [9.17, 15) is 18.0 Å². The van der Waals surface area contributed by atoms with Crippen molar-refractivity contribution in [1.29, 1.82) is 0 Å². The smallest absolute Gasteiger partial charge is 0.244 e. The summed E-state index contributed by atoms with van der Waals surface area (Å²) in [6.07, 6.45) is 0.0598. The highest BCUT2D eigenvalue weighted by atomic mass is 32.2. The quantitative estimate of drug-likeness (QED) is 0.647. The van der Waals surface area contributed by atoms with Crippen LogP contribution in [0.5, 0.6) is 0 Å². The lowest BCUT2D eigenvalue weighted by atomic mass is 10.2. The molecule has 2 N–H and O–H groups in total. The van der Waals surface area contributed by atoms with E-state index >= 15 is 0 Å². The Balaban J connectivity index is 2.45. The van der Waals surface area contributed by atoms with Crippen molar-refractivity contribution in [3.05, 3.63) is 0 Å². The van der Waals surface area contributed by atoms with Crippen LogP contribution in [-0.2, 0) is 19.4 Å². The van der Waals surface area contributed by atoms with Gasteiger partial charge in [-0.05, 0) is 6.92 Å². The minimum absolute atomic E-state index is 0.0313. The summed E-state index contributed by atoms with van der Waals surface area (Å²) in [6, 6.07) is -0.983. The third-order valence-electron chi connectivity index (χ3n) is 2.92. The average Bonchev–Trinajstić information content (AvgIpc) is 2.25. The number of rotatable bonds is 4. The van der Waals surface area contributed by atoms with Crippen LogP contribution < -0.4 is 10.6 Å². The van der Waals surface area contributed by atoms with Crippen molar-refractivity contribution in [3.8, 4) is 0 Å². The van der Waals surface area contributed by atoms with Crippen LogP contribution in [0.4, 0.5) is 0 Å². The Kier molecular flexibility index (Phi) is 5.30. The van der Waals surface area contributed by atoms with Crippen LogP contribution in [0.15, 0.2) is 0 Å². The van der Waals surface area contributed by atoms with Crippen molar-refractivity contribution in [2.75, 3.05) is 32.1 Å². The number of sulfone groups is 1. The average molecular weight is 291 g/mol. The lowest BCUT2D eigenvalue weighted by Crippen LogP contribution is -2.50. The van der Waals surface area contributed by atoms with Crippen molar-refractivity contribution < 1.29 is 18.0 Å². The van der Waals surface area contributed by atoms with Crippen molar-refractivity contribution in [3.63, 3.8) is 0 Å². The molecule has 19 heavy (non-hydrogen) atoms. The van der Waals surface area contributed by atoms with Gasteiger partial charge in [0.1, 0.15) is 6.04 Å². The van der Waals surface area contributed by atoms with Gasteiger partial charge in [-0.2, -0.15) is 0 Å². The maximum absolute atomic E-state index is 11.7. The molecule has 1 aliphatic heterocycles. The van der Waals surface area contributed by atoms with Crippen LogP contribution in [0, 0.1) is 0 Å². The van der Waals surface area contributed by atoms with Gasteiger partial charge in [-0.15, -0.1) is 0 Å². The predicted molar refractivity (Wildman–Crippen MR) is 71.4 cm³/mol. The largest absolute Gasteiger partial charge is 0.347 e. The zero-order chi connectivity index (χ0) is 14.6. The van der Waals surface area contributed by atoms with E-state index in [0.717, 1.165) is 0 Å². The first-order valence-electron chi connectivity index (χ1n) is 6.15. The number of nitrogens with zero attached hydrogens (tertiary/aromatic N) is 1. The first-order valence-corrected chi connectivity index (χ1v) is 7.98. The lowest BCUT2D eigenvalue weighted by Gasteiger charge is -2.24. The van der Waals surface area contributed by atoms with Crippen LogP contribution in [-0.4, -0.2) is 69.4 Å². The van der Waals surface area contributed by atoms with Gasteiger partial charge in [-0.25, -0.2) is 8.42 Å². The van der Waals surface area contributed by atoms with Gasteiger partial charge in [0.25, 0.3) is 0 Å². The number of carbonyl (C=O) groups is 2. The molecule has 2 atom stereocenters. The molecule has 0 bridgehead atoms. The summed E-state index contributed by atoms with van der Waals surface area (Å²) in [7, 11) is 0.169. The molecule has 110 valence electrons. The first-order chi connectivity index (χ1) is 8.71. The molecule has 1 aliphatic rings. The van der Waals surface area contributed by atoms with E-state index in [1.54, 1.807) is 21.0 Å². The third kappa shape index (κ3) is 5.15. The minimum Gasteiger partial charge on any atom is -0.347 e. The SMILES string of the molecule is CC(NC(=O)CC1CS(=O)(=O)CCN1)C(=O)N(C)C. The van der Waals surface area contributed by atoms with Crippen LogP contribution in [0.25, 0.3) is 0 Å². The zero-order valence-electron chi connectivity index (χ0n) is 11.5. The third-order valence-corrected chi connectivity index (χ3v) is 4.66. The minimum atomic E-state index is -3.05. The molecule has 1 saturated heterocycles. The standard InChI is InChI=1S/C11H21N3O4S/c1-8(11(16)14(2)3)13-10(15)6-9-7-19(17,18)5-4-12-9/h8-9,12H,4-7H2,1-3H3,(H,13,15). The summed E-state index contributed by atoms with van der Waals surface area (Å²) >= 11 is 0. The van der Waals surface area contributed by atoms with Crippen molar-refractivity contribution in [2.45, 2.75) is 25.4 Å². The predicted octanol–water partition coefficient (Wildman–Crippen LogP) is -1.64. The Labute approximate surface area is 113 Å². The van der Waals surface area contributed by atoms with E-state index in [1.165, 1.54) is 4.90 Å². The van der Waals surface area contributed by atoms with Crippen LogP contribution >= 0.6 is 0 Å². The lowest BCUT2D eigenvalue weighted by molar-refractivity contribution is -0.134. The molecular weight excluding hydrogens is 270 g/mol. The van der Waals surface area contributed by atoms with Gasteiger partial charge in [0.05, 0.1) is 11.5 Å². The van der Waals surface area contributed by atoms with E-state index in [4.69, 9.17) is 0 Å². The molecule has 2 unspecified atom stereocenters. The summed E-state index contributed by atoms with van der Waals surface area (Å²) in [5.41, 5.74) is 0. The molecule has 0 saturated carbocycles. The summed E-state index contributed by atoms with van der Waals surface area (Å²) in [6.45, 7) is 1.97. The topological polar surface area (TPSA) is 95.6 Å². The Bertz CT molecular complexity index is 447. The van der Waals surface area contributed by atoms with Crippen LogP contribution in [0.1, 0.15) is 13.3 Å². The maximum atomic E-state index is 11.7. The normalized spacial score (nSPS) is 23.4. The molecule has 0 radical (unpaired) electrons. The van der Waals surface area contributed by atoms with Crippen LogP contribution in [0.2, 0.25) is 0 Å². The second kappa shape index (κ2) is 6.33. The second-order valence-electron chi connectivity index (χ2n) is 4.99. The number of hydrogen-bond acceptors (Lipinski definition) is 5. The highest BCUT2D eigenvalue weighted by Crippen LogP contribution is 2.05. The molecule has 2 amide bonds. The molecule has 0 aromatic carbocycles. The molecule has 0 aromatic heterocycles. The summed E-state index contributed by atoms with van der Waals surface area (Å²) in [4.78, 5) is 24.7. The van der Waals surface area contributed by atoms with Gasteiger partial charge in [-0.1, -0.05) is 0 Å². The molecule has 1 rings (SSSR count). The Morgan fingerprint density at radius 1 is 1.42 bits per heavy atom. The summed E-state index contributed by atoms with van der Waals surface area (Å²) < 4.78 is 22.9. The number of amides is 2. The fourth-order valence-electron chi connectivity index (χ4n) is 1.97. The van der Waals surface area contributed by atoms with Crippen molar-refractivity contribution >= 4 is 21.7 Å². The molecule has 7 nitrogen and oxygen atoms in total. The Morgan fingerprint density at radius 2 is 2.05 bits per heavy atom. The van der Waals surface area contributed by atoms with E-state index in [0.29, 0.717) is 6.54 Å². The highest BCUT2D eigenvalue weighted by Gasteiger charge is 2.27. The molecule has 8 heteroatoms. The van der Waals surface area contributed by atoms with Crippen molar-refractivity contribution in [1.82, 2.24) is 15.5 Å². The van der Waals surface area contributed by atoms with Gasteiger partial charge >= 0.3 is 0 Å². The number of carbonyl (C=O) groups excluding carboxylic acids is 2. The second-order valence-corrected chi connectivity index (χ2v) is 7.22. The zero-order valence-corrected chi connectivity index (χ0v) is 12.3. The fraction of sp³-hybridized carbons (Fsp3) is 0.818. The van der Waals surface area contributed by atoms with Gasteiger partial charge < -0.3 is 15.5 Å². The Morgan fingerprint density at radius 3 is 2.58 bits per heavy atom. The van der Waals surface area contributed by atoms with E-state index < -0.39 is 15.9 Å². The Hall–Kier alpha value is -1.15. The van der Waals surface area contributed by atoms with E-state index in [-0.39, 0.29) is 35.8 Å². The van der Waals surface area contributed by atoms with E-state index in [1.807, 2.05) is 0 Å². The monoisotopic (exact) mass is 291 g/mol. The maximum Gasteiger partial charge on any atom is 0.244 e. The molecule has 0 spiro atoms. The van der Waals surface area contributed by atoms with Crippen LogP contribution in [0.3, 0.4) is 0 Å². The number of likely N-dealkylation sites (N-methyl/N-ethyl adjacent to an activating group) is 1. The number of nitrogens with one attached hydrogen (secondary N) is 2. The highest BCUT2D eigenvalue weighted by molar-refractivity contribution is 7.91. The van der Waals surface area contributed by atoms with E-state index in [2.05, 4.69) is 10.6 Å². The fourth-order valence-corrected chi connectivity index (χ4v) is 3.42. The molecule has 1 heterocycles. The van der Waals surface area contributed by atoms with Crippen molar-refractivity contribution in [2.24, 2.45) is 0 Å². The molecule has 1 fully saturated rings. The summed E-state index contributed by atoms with van der Waals surface area (Å²) in [5, 5.41) is 5.57. The van der Waals surface area contributed by atoms with Gasteiger partial charge in [0.15, 0.2) is 9.84 Å². The molecular formula is C11H21N3O4S. The number of hydrogen-bond donors (Lipinski definition) is 2. The van der Waals surface area contributed by atoms with Gasteiger partial charge in [0, 0.05) is 33.1 Å². The summed E-state index contributed by atoms with van der Waals surface area (Å²) in [5.74, 6) is -0.438. The molecule has 0 aliphatic carbocycles. The van der Waals surface area contributed by atoms with Gasteiger partial charge in [-0.3, -0.25) is 9.59 Å².